The fraction of sp³-hybridized carbons (Fsp3) is 0.588. The maximum absolute atomic E-state index is 12.9. The number of ether oxygens (including phenoxy) is 1. The fourth-order valence-electron chi connectivity index (χ4n) is 2.80. The van der Waals surface area contributed by atoms with Crippen LogP contribution in [0.15, 0.2) is 24.3 Å². The van der Waals surface area contributed by atoms with Crippen molar-refractivity contribution in [2.24, 2.45) is 0 Å². The minimum Gasteiger partial charge on any atom is -0.383 e. The minimum absolute atomic E-state index is 0.0481. The van der Waals surface area contributed by atoms with E-state index < -0.39 is 0 Å². The van der Waals surface area contributed by atoms with E-state index in [1.165, 1.54) is 12.1 Å². The summed E-state index contributed by atoms with van der Waals surface area (Å²) >= 11 is 0. The van der Waals surface area contributed by atoms with Gasteiger partial charge in [-0.25, -0.2) is 4.39 Å². The highest BCUT2D eigenvalue weighted by Gasteiger charge is 2.26. The van der Waals surface area contributed by atoms with E-state index in [1.807, 2.05) is 6.92 Å². The van der Waals surface area contributed by atoms with Gasteiger partial charge in [-0.3, -0.25) is 9.69 Å². The van der Waals surface area contributed by atoms with Crippen molar-refractivity contribution >= 4 is 11.6 Å². The molecule has 1 aliphatic heterocycles. The average Bonchev–Trinajstić information content (AvgIpc) is 2.57. The van der Waals surface area contributed by atoms with Gasteiger partial charge >= 0.3 is 0 Å². The second-order valence-corrected chi connectivity index (χ2v) is 5.92. The topological polar surface area (TPSA) is 53.6 Å². The Morgan fingerprint density at radius 2 is 2.00 bits per heavy atom. The summed E-state index contributed by atoms with van der Waals surface area (Å²) in [6, 6.07) is 6.67. The molecule has 0 aliphatic carbocycles. The van der Waals surface area contributed by atoms with Crippen molar-refractivity contribution in [2.45, 2.75) is 31.8 Å². The molecule has 1 atom stereocenters. The van der Waals surface area contributed by atoms with Crippen molar-refractivity contribution in [3.8, 4) is 0 Å². The second-order valence-electron chi connectivity index (χ2n) is 5.92. The van der Waals surface area contributed by atoms with Gasteiger partial charge in [0.25, 0.3) is 0 Å². The summed E-state index contributed by atoms with van der Waals surface area (Å²) in [5.74, 6) is -0.175. The van der Waals surface area contributed by atoms with Crippen LogP contribution < -0.4 is 10.6 Å². The molecule has 0 bridgehead atoms. The molecular formula is C17H26FN3O2. The van der Waals surface area contributed by atoms with Crippen molar-refractivity contribution in [1.82, 2.24) is 10.2 Å². The standard InChI is InChI=1S/C17H26FN3O2/c1-13(17(22)19-9-12-23-2)21-10-7-16(8-11-21)20-15-5-3-14(18)4-6-15/h3-6,13,16,20H,7-12H2,1-2H3,(H,19,22). The monoisotopic (exact) mass is 323 g/mol. The van der Waals surface area contributed by atoms with Crippen LogP contribution in [0.5, 0.6) is 0 Å². The molecule has 0 radical (unpaired) electrons. The molecule has 1 fully saturated rings. The number of benzene rings is 1. The largest absolute Gasteiger partial charge is 0.383 e. The van der Waals surface area contributed by atoms with Crippen LogP contribution in [0.3, 0.4) is 0 Å². The Balaban J connectivity index is 1.74. The molecule has 0 saturated carbocycles. The number of halogens is 1. The first-order valence-corrected chi connectivity index (χ1v) is 8.13. The lowest BCUT2D eigenvalue weighted by atomic mass is 10.0. The van der Waals surface area contributed by atoms with Crippen LogP contribution in [0, 0.1) is 5.82 Å². The van der Waals surface area contributed by atoms with Crippen molar-refractivity contribution < 1.29 is 13.9 Å². The Hall–Kier alpha value is -1.66. The molecule has 0 aromatic heterocycles. The van der Waals surface area contributed by atoms with Crippen molar-refractivity contribution in [2.75, 3.05) is 38.7 Å². The number of carbonyl (C=O) groups excluding carboxylic acids is 1. The fourth-order valence-corrected chi connectivity index (χ4v) is 2.80. The highest BCUT2D eigenvalue weighted by molar-refractivity contribution is 5.81. The molecule has 1 unspecified atom stereocenters. The third-order valence-electron chi connectivity index (χ3n) is 4.28. The number of methoxy groups -OCH3 is 1. The highest BCUT2D eigenvalue weighted by Crippen LogP contribution is 2.18. The quantitative estimate of drug-likeness (QED) is 0.752. The SMILES string of the molecule is COCCNC(=O)C(C)N1CCC(Nc2ccc(F)cc2)CC1. The number of hydrogen-bond acceptors (Lipinski definition) is 4. The molecule has 23 heavy (non-hydrogen) atoms. The van der Waals surface area contributed by atoms with Gasteiger partial charge in [-0.2, -0.15) is 0 Å². The van der Waals surface area contributed by atoms with Crippen LogP contribution in [0.4, 0.5) is 10.1 Å². The Bertz CT molecular complexity index is 487. The number of nitrogens with one attached hydrogen (secondary N) is 2. The number of piperidine rings is 1. The predicted molar refractivity (Wildman–Crippen MR) is 89.0 cm³/mol. The van der Waals surface area contributed by atoms with Crippen molar-refractivity contribution in [3.63, 3.8) is 0 Å². The molecule has 1 aromatic carbocycles. The Labute approximate surface area is 137 Å². The number of hydrogen-bond donors (Lipinski definition) is 2. The first-order valence-electron chi connectivity index (χ1n) is 8.13. The summed E-state index contributed by atoms with van der Waals surface area (Å²) in [7, 11) is 1.62. The van der Waals surface area contributed by atoms with E-state index in [0.717, 1.165) is 31.6 Å². The highest BCUT2D eigenvalue weighted by atomic mass is 19.1. The van der Waals surface area contributed by atoms with Gasteiger partial charge in [-0.1, -0.05) is 0 Å². The Kier molecular flexibility index (Phi) is 6.80. The van der Waals surface area contributed by atoms with E-state index >= 15 is 0 Å². The lowest BCUT2D eigenvalue weighted by Crippen LogP contribution is -2.50. The molecule has 1 heterocycles. The second kappa shape index (κ2) is 8.84. The predicted octanol–water partition coefficient (Wildman–Crippen LogP) is 1.85. The Morgan fingerprint density at radius 3 is 2.61 bits per heavy atom. The van der Waals surface area contributed by atoms with Gasteiger partial charge in [0, 0.05) is 38.5 Å². The summed E-state index contributed by atoms with van der Waals surface area (Å²) in [5.41, 5.74) is 0.940. The van der Waals surface area contributed by atoms with Crippen molar-refractivity contribution in [1.29, 1.82) is 0 Å². The first kappa shape index (κ1) is 17.7. The van der Waals surface area contributed by atoms with Crippen LogP contribution in [0.25, 0.3) is 0 Å². The zero-order valence-electron chi connectivity index (χ0n) is 13.8. The molecule has 5 nitrogen and oxygen atoms in total. The zero-order chi connectivity index (χ0) is 16.7. The molecule has 1 aliphatic rings. The number of likely N-dealkylation sites (tertiary alicyclic amines) is 1. The van der Waals surface area contributed by atoms with Crippen LogP contribution >= 0.6 is 0 Å². The Morgan fingerprint density at radius 1 is 1.35 bits per heavy atom. The normalized spacial score (nSPS) is 17.7. The minimum atomic E-state index is -0.223. The molecule has 1 saturated heterocycles. The molecule has 2 rings (SSSR count). The van der Waals surface area contributed by atoms with Gasteiger partial charge in [-0.05, 0) is 44.0 Å². The summed E-state index contributed by atoms with van der Waals surface area (Å²) in [4.78, 5) is 14.3. The summed E-state index contributed by atoms with van der Waals surface area (Å²) < 4.78 is 17.8. The lowest BCUT2D eigenvalue weighted by Gasteiger charge is -2.36. The third-order valence-corrected chi connectivity index (χ3v) is 4.28. The van der Waals surface area contributed by atoms with Crippen LogP contribution in [0.1, 0.15) is 19.8 Å². The maximum Gasteiger partial charge on any atom is 0.237 e. The van der Waals surface area contributed by atoms with E-state index in [9.17, 15) is 9.18 Å². The van der Waals surface area contributed by atoms with Crippen LogP contribution in [0.2, 0.25) is 0 Å². The van der Waals surface area contributed by atoms with E-state index in [2.05, 4.69) is 15.5 Å². The van der Waals surface area contributed by atoms with Crippen LogP contribution in [-0.2, 0) is 9.53 Å². The van der Waals surface area contributed by atoms with Gasteiger partial charge in [-0.15, -0.1) is 0 Å². The molecule has 128 valence electrons. The number of amides is 1. The summed E-state index contributed by atoms with van der Waals surface area (Å²) in [6.45, 7) is 4.76. The molecule has 2 N–H and O–H groups in total. The van der Waals surface area contributed by atoms with Gasteiger partial charge in [0.1, 0.15) is 5.82 Å². The van der Waals surface area contributed by atoms with Gasteiger partial charge in [0.05, 0.1) is 12.6 Å². The van der Waals surface area contributed by atoms with Gasteiger partial charge in [0.15, 0.2) is 0 Å². The first-order chi connectivity index (χ1) is 11.1. The number of rotatable bonds is 7. The summed E-state index contributed by atoms with van der Waals surface area (Å²) in [5, 5.41) is 6.31. The summed E-state index contributed by atoms with van der Waals surface area (Å²) in [6.07, 6.45) is 1.93. The third kappa shape index (κ3) is 5.48. The lowest BCUT2D eigenvalue weighted by molar-refractivity contribution is -0.126. The molecule has 0 spiro atoms. The van der Waals surface area contributed by atoms with Gasteiger partial charge < -0.3 is 15.4 Å². The van der Waals surface area contributed by atoms with Crippen LogP contribution in [-0.4, -0.2) is 56.2 Å². The molecular weight excluding hydrogens is 297 g/mol. The number of anilines is 1. The smallest absolute Gasteiger partial charge is 0.237 e. The molecule has 1 aromatic rings. The van der Waals surface area contributed by atoms with Crippen molar-refractivity contribution in [3.05, 3.63) is 30.1 Å². The number of nitrogens with zero attached hydrogens (tertiary/aromatic N) is 1. The number of carbonyl (C=O) groups is 1. The molecule has 1 amide bonds. The van der Waals surface area contributed by atoms with E-state index in [0.29, 0.717) is 19.2 Å². The van der Waals surface area contributed by atoms with E-state index in [4.69, 9.17) is 4.74 Å². The zero-order valence-corrected chi connectivity index (χ0v) is 13.8. The molecule has 6 heteroatoms. The maximum atomic E-state index is 12.9. The van der Waals surface area contributed by atoms with E-state index in [1.54, 1.807) is 19.2 Å². The average molecular weight is 323 g/mol. The van der Waals surface area contributed by atoms with E-state index in [-0.39, 0.29) is 17.8 Å². The van der Waals surface area contributed by atoms with Gasteiger partial charge in [0.2, 0.25) is 5.91 Å².